The van der Waals surface area contributed by atoms with Gasteiger partial charge in [-0.05, 0) is 0 Å². The normalized spacial score (nSPS) is 14.3. The largest absolute Gasteiger partial charge is 0.479 e. The average molecular weight is 186 g/mol. The molecule has 0 atom stereocenters. The summed E-state index contributed by atoms with van der Waals surface area (Å²) < 4.78 is 74.9. The Balaban J connectivity index is 4.40. The van der Waals surface area contributed by atoms with Crippen LogP contribution in [0.15, 0.2) is 0 Å². The van der Waals surface area contributed by atoms with E-state index in [2.05, 4.69) is 0 Å². The van der Waals surface area contributed by atoms with Gasteiger partial charge < -0.3 is 0 Å². The van der Waals surface area contributed by atoms with E-state index in [0.29, 0.717) is 0 Å². The minimum Gasteiger partial charge on any atom is -0.241 e. The second kappa shape index (κ2) is 2.40. The first-order valence-electron chi connectivity index (χ1n) is 1.71. The van der Waals surface area contributed by atoms with Crippen LogP contribution in [0.1, 0.15) is 0 Å². The molecule has 0 saturated heterocycles. The van der Waals surface area contributed by atoms with Crippen molar-refractivity contribution >= 4 is 10.8 Å². The van der Waals surface area contributed by atoms with Gasteiger partial charge in [0.05, 0.1) is 0 Å². The lowest BCUT2D eigenvalue weighted by atomic mass is 11.5. The fourth-order valence-electron chi connectivity index (χ4n) is 0.131. The molecule has 0 amide bonds. The van der Waals surface area contributed by atoms with E-state index in [-0.39, 0.29) is 0 Å². The maximum Gasteiger partial charge on any atom is 0.479 e. The quantitative estimate of drug-likeness (QED) is 0.527. The van der Waals surface area contributed by atoms with Crippen LogP contribution in [0.4, 0.5) is 26.3 Å². The van der Waals surface area contributed by atoms with Gasteiger partial charge in [-0.2, -0.15) is 26.3 Å². The van der Waals surface area contributed by atoms with E-state index in [1.54, 1.807) is 0 Å². The van der Waals surface area contributed by atoms with Crippen molar-refractivity contribution in [2.24, 2.45) is 0 Å². The van der Waals surface area contributed by atoms with Crippen LogP contribution in [-0.2, 0) is 10.8 Å². The topological polar surface area (TPSA) is 17.1 Å². The molecule has 0 bridgehead atoms. The number of alkyl halides is 6. The summed E-state index contributed by atoms with van der Waals surface area (Å²) in [4.78, 5) is 0. The molecule has 1 nitrogen and oxygen atoms in total. The maximum atomic E-state index is 10.9. The zero-order valence-corrected chi connectivity index (χ0v) is 4.90. The van der Waals surface area contributed by atoms with Crippen molar-refractivity contribution in [3.63, 3.8) is 0 Å². The fraction of sp³-hybridized carbons (Fsp3) is 1.00. The number of rotatable bonds is 0. The molecule has 0 spiro atoms. The summed E-state index contributed by atoms with van der Waals surface area (Å²) in [7, 11) is -4.75. The molecule has 62 valence electrons. The third-order valence-corrected chi connectivity index (χ3v) is 1.26. The lowest BCUT2D eigenvalue weighted by Crippen LogP contribution is -2.29. The molecule has 0 heterocycles. The monoisotopic (exact) mass is 186 g/mol. The summed E-state index contributed by atoms with van der Waals surface area (Å²) >= 11 is 0. The molecule has 0 aromatic carbocycles. The summed E-state index contributed by atoms with van der Waals surface area (Å²) in [5, 5.41) is 0. The van der Waals surface area contributed by atoms with Crippen molar-refractivity contribution in [3.8, 4) is 0 Å². The summed E-state index contributed by atoms with van der Waals surface area (Å²) in [5.74, 6) is 0. The molecule has 8 heteroatoms. The third-order valence-electron chi connectivity index (χ3n) is 0.420. The highest BCUT2D eigenvalue weighted by Crippen LogP contribution is 2.32. The van der Waals surface area contributed by atoms with Crippen molar-refractivity contribution in [3.05, 3.63) is 0 Å². The van der Waals surface area contributed by atoms with Crippen LogP contribution in [0.5, 0.6) is 0 Å². The zero-order chi connectivity index (χ0) is 8.58. The first-order valence-corrected chi connectivity index (χ1v) is 2.86. The molecule has 0 aliphatic rings. The van der Waals surface area contributed by atoms with Crippen molar-refractivity contribution in [2.75, 3.05) is 0 Å². The van der Waals surface area contributed by atoms with Crippen LogP contribution < -0.4 is 0 Å². The molecular weight excluding hydrogens is 186 g/mol. The predicted molar refractivity (Wildman–Crippen MR) is 20.3 cm³/mol. The highest BCUT2D eigenvalue weighted by atomic mass is 32.2. The smallest absolute Gasteiger partial charge is 0.241 e. The van der Waals surface area contributed by atoms with E-state index < -0.39 is 21.8 Å². The van der Waals surface area contributed by atoms with Gasteiger partial charge in [-0.1, -0.05) is 0 Å². The Morgan fingerprint density at radius 1 is 0.800 bits per heavy atom. The number of hydrogen-bond acceptors (Lipinski definition) is 1. The molecule has 0 aliphatic heterocycles. The Morgan fingerprint density at radius 2 is 1.00 bits per heavy atom. The van der Waals surface area contributed by atoms with Crippen molar-refractivity contribution in [1.29, 1.82) is 0 Å². The molecule has 0 fully saturated rings. The first kappa shape index (κ1) is 9.73. The molecule has 0 aromatic rings. The third kappa shape index (κ3) is 2.54. The van der Waals surface area contributed by atoms with Crippen molar-refractivity contribution < 1.29 is 30.6 Å². The van der Waals surface area contributed by atoms with Crippen LogP contribution in [0.2, 0.25) is 0 Å². The molecule has 0 saturated carbocycles. The van der Waals surface area contributed by atoms with E-state index in [9.17, 15) is 30.6 Å². The van der Waals surface area contributed by atoms with E-state index in [4.69, 9.17) is 0 Å². The van der Waals surface area contributed by atoms with Crippen LogP contribution in [0, 0.1) is 0 Å². The first-order chi connectivity index (χ1) is 4.15. The van der Waals surface area contributed by atoms with Crippen LogP contribution >= 0.6 is 0 Å². The van der Waals surface area contributed by atoms with Gasteiger partial charge in [-0.25, -0.2) is 4.21 Å². The van der Waals surface area contributed by atoms with E-state index in [0.717, 1.165) is 0 Å². The van der Waals surface area contributed by atoms with Gasteiger partial charge in [-0.3, -0.25) is 0 Å². The molecule has 0 rings (SSSR count). The average Bonchev–Trinajstić information content (AvgIpc) is 1.59. The van der Waals surface area contributed by atoms with Crippen LogP contribution in [0.3, 0.4) is 0 Å². The Hall–Kier alpha value is -0.270. The van der Waals surface area contributed by atoms with Crippen LogP contribution in [-0.4, -0.2) is 15.2 Å². The van der Waals surface area contributed by atoms with Gasteiger partial charge >= 0.3 is 11.0 Å². The van der Waals surface area contributed by atoms with Crippen LogP contribution in [0.25, 0.3) is 0 Å². The molecule has 0 aliphatic carbocycles. The van der Waals surface area contributed by atoms with Gasteiger partial charge in [0.25, 0.3) is 0 Å². The van der Waals surface area contributed by atoms with Gasteiger partial charge in [0.1, 0.15) is 0 Å². The Labute approximate surface area is 53.5 Å². The predicted octanol–water partition coefficient (Wildman–Crippen LogP) is 1.77. The minimum absolute atomic E-state index is 4.75. The van der Waals surface area contributed by atoms with Crippen molar-refractivity contribution in [2.45, 2.75) is 11.0 Å². The molecule has 10 heavy (non-hydrogen) atoms. The van der Waals surface area contributed by atoms with Gasteiger partial charge in [0.15, 0.2) is 0 Å². The number of halogens is 6. The summed E-state index contributed by atoms with van der Waals surface area (Å²) in [6, 6.07) is 0. The van der Waals surface area contributed by atoms with E-state index >= 15 is 0 Å². The highest BCUT2D eigenvalue weighted by Gasteiger charge is 2.54. The highest BCUT2D eigenvalue weighted by molar-refractivity contribution is 7.86. The van der Waals surface area contributed by atoms with E-state index in [1.165, 1.54) is 0 Å². The molecule has 0 unspecified atom stereocenters. The Kier molecular flexibility index (Phi) is 2.34. The van der Waals surface area contributed by atoms with E-state index in [1.807, 2.05) is 0 Å². The van der Waals surface area contributed by atoms with Gasteiger partial charge in [0, 0.05) is 0 Å². The second-order valence-electron chi connectivity index (χ2n) is 1.16. The molecule has 0 radical (unpaired) electrons. The summed E-state index contributed by atoms with van der Waals surface area (Å²) in [5.41, 5.74) is -11.4. The molecule has 0 aromatic heterocycles. The zero-order valence-electron chi connectivity index (χ0n) is 4.08. The molecule has 0 N–H and O–H groups in total. The summed E-state index contributed by atoms with van der Waals surface area (Å²) in [6.07, 6.45) is 0. The van der Waals surface area contributed by atoms with Gasteiger partial charge in [0.2, 0.25) is 10.8 Å². The maximum absolute atomic E-state index is 10.9. The molecular formula is C2F6OS. The van der Waals surface area contributed by atoms with Gasteiger partial charge in [-0.15, -0.1) is 0 Å². The number of hydrogen-bond donors (Lipinski definition) is 0. The second-order valence-corrected chi connectivity index (χ2v) is 2.62. The SMILES string of the molecule is O=S(C(F)(F)F)C(F)(F)F. The Morgan fingerprint density at radius 3 is 1.00 bits per heavy atom. The fourth-order valence-corrected chi connectivity index (χ4v) is 0.394. The standard InChI is InChI=1S/C2F6OS/c3-1(4,5)10(9)2(6,7)8. The minimum atomic E-state index is -5.71. The lowest BCUT2D eigenvalue weighted by Gasteiger charge is -2.07. The Bertz CT molecular complexity index is 127. The lowest BCUT2D eigenvalue weighted by molar-refractivity contribution is -0.0795. The van der Waals surface area contributed by atoms with Crippen molar-refractivity contribution in [1.82, 2.24) is 0 Å². The summed E-state index contributed by atoms with van der Waals surface area (Å²) in [6.45, 7) is 0.